The molecule has 0 spiro atoms. The number of hydrogen-bond acceptors (Lipinski definition) is 4. The molecule has 5 nitrogen and oxygen atoms in total. The van der Waals surface area contributed by atoms with E-state index in [1.807, 2.05) is 0 Å². The lowest BCUT2D eigenvalue weighted by molar-refractivity contribution is 0.271. The van der Waals surface area contributed by atoms with Gasteiger partial charge in [0.05, 0.1) is 0 Å². The number of rotatable bonds is 0. The van der Waals surface area contributed by atoms with Crippen LogP contribution in [0.4, 0.5) is 4.79 Å². The summed E-state index contributed by atoms with van der Waals surface area (Å²) >= 11 is 4.28. The molecule has 0 aliphatic carbocycles. The average Bonchev–Trinajstić information content (AvgIpc) is 2.07. The van der Waals surface area contributed by atoms with Gasteiger partial charge in [-0.1, -0.05) is 6.42 Å². The largest absolute Gasteiger partial charge is 0.363 e. The highest BCUT2D eigenvalue weighted by Crippen LogP contribution is 1.96. The molecule has 1 fully saturated rings. The van der Waals surface area contributed by atoms with Gasteiger partial charge in [0.25, 0.3) is 0 Å². The topological polar surface area (TPSA) is 83.5 Å². The fourth-order valence-electron chi connectivity index (χ4n) is 0.802. The van der Waals surface area contributed by atoms with E-state index in [4.69, 9.17) is 4.55 Å². The Morgan fingerprint density at radius 3 is 1.69 bits per heavy atom. The van der Waals surface area contributed by atoms with Crippen LogP contribution < -0.4 is 5.32 Å². The van der Waals surface area contributed by atoms with Crippen LogP contribution in [0.25, 0.3) is 0 Å². The van der Waals surface area contributed by atoms with E-state index in [2.05, 4.69) is 16.9 Å². The SMILES string of the molecule is C1CCNCC1.O=C(Cl)S(=O)(=O)O. The zero-order valence-corrected chi connectivity index (χ0v) is 8.57. The summed E-state index contributed by atoms with van der Waals surface area (Å²) < 4.78 is 24.6. The number of piperidine rings is 1. The molecule has 0 aromatic carbocycles. The summed E-state index contributed by atoms with van der Waals surface area (Å²) in [5.74, 6) is 0. The Balaban J connectivity index is 0.000000223. The quantitative estimate of drug-likeness (QED) is 0.478. The minimum absolute atomic E-state index is 1.25. The van der Waals surface area contributed by atoms with E-state index in [-0.39, 0.29) is 0 Å². The summed E-state index contributed by atoms with van der Waals surface area (Å²) in [6, 6.07) is 0. The van der Waals surface area contributed by atoms with Crippen LogP contribution in [0.2, 0.25) is 0 Å². The van der Waals surface area contributed by atoms with Gasteiger partial charge in [-0.25, -0.2) is 0 Å². The van der Waals surface area contributed by atoms with E-state index in [1.165, 1.54) is 32.4 Å². The normalized spacial score (nSPS) is 17.1. The molecule has 0 amide bonds. The first-order valence-corrected chi connectivity index (χ1v) is 5.64. The monoisotopic (exact) mass is 229 g/mol. The van der Waals surface area contributed by atoms with Gasteiger partial charge in [0.2, 0.25) is 0 Å². The highest BCUT2D eigenvalue weighted by Gasteiger charge is 2.12. The van der Waals surface area contributed by atoms with Crippen molar-refractivity contribution in [2.45, 2.75) is 19.3 Å². The lowest BCUT2D eigenvalue weighted by atomic mass is 10.2. The lowest BCUT2D eigenvalue weighted by Crippen LogP contribution is -2.21. The number of halogens is 1. The zero-order chi connectivity index (χ0) is 10.3. The smallest absolute Gasteiger partial charge is 0.317 e. The fourth-order valence-corrected chi connectivity index (χ4v) is 0.802. The molecule has 13 heavy (non-hydrogen) atoms. The van der Waals surface area contributed by atoms with E-state index in [0.29, 0.717) is 0 Å². The highest BCUT2D eigenvalue weighted by atomic mass is 35.5. The van der Waals surface area contributed by atoms with Crippen molar-refractivity contribution in [2.24, 2.45) is 0 Å². The molecular weight excluding hydrogens is 218 g/mol. The molecular formula is C6H12ClNO4S. The standard InChI is InChI=1S/C5H11N.CHClO4S/c1-2-4-6-5-3-1;2-1(3)7(4,5)6/h6H,1-5H2;(H,4,5,6). The Morgan fingerprint density at radius 2 is 1.62 bits per heavy atom. The molecule has 0 unspecified atom stereocenters. The van der Waals surface area contributed by atoms with E-state index in [9.17, 15) is 13.2 Å². The summed E-state index contributed by atoms with van der Waals surface area (Å²) in [7, 11) is -4.61. The minimum Gasteiger partial charge on any atom is -0.317 e. The molecule has 1 aliphatic rings. The van der Waals surface area contributed by atoms with Crippen LogP contribution in [-0.4, -0.2) is 30.6 Å². The molecule has 0 aromatic heterocycles. The second-order valence-electron chi connectivity index (χ2n) is 2.52. The van der Waals surface area contributed by atoms with Crippen LogP contribution in [-0.2, 0) is 10.1 Å². The van der Waals surface area contributed by atoms with Gasteiger partial charge in [-0.05, 0) is 37.5 Å². The maximum atomic E-state index is 9.41. The van der Waals surface area contributed by atoms with Gasteiger partial charge in [0, 0.05) is 0 Å². The van der Waals surface area contributed by atoms with Gasteiger partial charge >= 0.3 is 14.7 Å². The first kappa shape index (κ1) is 12.8. The van der Waals surface area contributed by atoms with Crippen LogP contribution in [0.15, 0.2) is 0 Å². The lowest BCUT2D eigenvalue weighted by Gasteiger charge is -2.08. The molecule has 2 N–H and O–H groups in total. The Bertz CT molecular complexity index is 236. The van der Waals surface area contributed by atoms with Gasteiger partial charge in [-0.15, -0.1) is 0 Å². The van der Waals surface area contributed by atoms with Gasteiger partial charge in [-0.3, -0.25) is 9.35 Å². The third-order valence-electron chi connectivity index (χ3n) is 1.41. The molecule has 1 rings (SSSR count). The van der Waals surface area contributed by atoms with Crippen LogP contribution in [0.1, 0.15) is 19.3 Å². The zero-order valence-electron chi connectivity index (χ0n) is 6.99. The minimum atomic E-state index is -4.61. The number of nitrogens with one attached hydrogen (secondary N) is 1. The number of hydrogen-bond donors (Lipinski definition) is 2. The van der Waals surface area contributed by atoms with Crippen molar-refractivity contribution in [3.63, 3.8) is 0 Å². The molecule has 1 heterocycles. The first-order valence-electron chi connectivity index (χ1n) is 3.82. The number of carbonyl (C=O) groups is 1. The van der Waals surface area contributed by atoms with E-state index < -0.39 is 14.7 Å². The number of carbonyl (C=O) groups excluding carboxylic acids is 1. The van der Waals surface area contributed by atoms with Gasteiger partial charge < -0.3 is 5.32 Å². The molecule has 78 valence electrons. The molecule has 7 heteroatoms. The van der Waals surface area contributed by atoms with Crippen molar-refractivity contribution >= 4 is 26.3 Å². The van der Waals surface area contributed by atoms with Gasteiger partial charge in [0.1, 0.15) is 0 Å². The van der Waals surface area contributed by atoms with Crippen molar-refractivity contribution in [1.29, 1.82) is 0 Å². The molecule has 1 aliphatic heterocycles. The second-order valence-corrected chi connectivity index (χ2v) is 4.41. The van der Waals surface area contributed by atoms with Crippen LogP contribution in [0.5, 0.6) is 0 Å². The predicted molar refractivity (Wildman–Crippen MR) is 49.5 cm³/mol. The maximum Gasteiger partial charge on any atom is 0.363 e. The van der Waals surface area contributed by atoms with E-state index >= 15 is 0 Å². The van der Waals surface area contributed by atoms with E-state index in [1.54, 1.807) is 0 Å². The molecule has 0 atom stereocenters. The van der Waals surface area contributed by atoms with Crippen LogP contribution in [0.3, 0.4) is 0 Å². The van der Waals surface area contributed by atoms with E-state index in [0.717, 1.165) is 0 Å². The van der Waals surface area contributed by atoms with Crippen molar-refractivity contribution < 1.29 is 17.8 Å². The fraction of sp³-hybridized carbons (Fsp3) is 0.833. The highest BCUT2D eigenvalue weighted by molar-refractivity contribution is 8.04. The Morgan fingerprint density at radius 1 is 1.23 bits per heavy atom. The summed E-state index contributed by atoms with van der Waals surface area (Å²) in [5, 5.41) is 3.28. The second kappa shape index (κ2) is 6.31. The molecule has 0 saturated carbocycles. The van der Waals surface area contributed by atoms with Crippen molar-refractivity contribution in [3.8, 4) is 0 Å². The third kappa shape index (κ3) is 8.17. The molecule has 1 saturated heterocycles. The Hall–Kier alpha value is -0.170. The Kier molecular flexibility index (Phi) is 6.23. The predicted octanol–water partition coefficient (Wildman–Crippen LogP) is 0.993. The van der Waals surface area contributed by atoms with Crippen molar-refractivity contribution in [1.82, 2.24) is 5.32 Å². The summed E-state index contributed by atoms with van der Waals surface area (Å²) in [6.07, 6.45) is 4.22. The van der Waals surface area contributed by atoms with Crippen molar-refractivity contribution in [2.75, 3.05) is 13.1 Å². The third-order valence-corrected chi connectivity index (χ3v) is 2.40. The average molecular weight is 230 g/mol. The molecule has 0 bridgehead atoms. The first-order chi connectivity index (χ1) is 5.94. The van der Waals surface area contributed by atoms with Gasteiger partial charge in [-0.2, -0.15) is 8.42 Å². The summed E-state index contributed by atoms with van der Waals surface area (Å²) in [6.45, 7) is 2.50. The molecule has 0 aromatic rings. The van der Waals surface area contributed by atoms with Gasteiger partial charge in [0.15, 0.2) is 0 Å². The maximum absolute atomic E-state index is 9.41. The van der Waals surface area contributed by atoms with Crippen LogP contribution in [0, 0.1) is 0 Å². The summed E-state index contributed by atoms with van der Waals surface area (Å²) in [4.78, 5) is 9.39. The Labute approximate surface area is 82.2 Å². The van der Waals surface area contributed by atoms with Crippen molar-refractivity contribution in [3.05, 3.63) is 0 Å². The summed E-state index contributed by atoms with van der Waals surface area (Å²) in [5.41, 5.74) is 0. The van der Waals surface area contributed by atoms with Crippen LogP contribution >= 0.6 is 11.6 Å². The molecule has 0 radical (unpaired) electrons.